The van der Waals surface area contributed by atoms with Crippen molar-refractivity contribution < 1.29 is 0 Å². The quantitative estimate of drug-likeness (QED) is 0.797. The van der Waals surface area contributed by atoms with Crippen LogP contribution in [0.5, 0.6) is 0 Å². The van der Waals surface area contributed by atoms with E-state index in [1.54, 1.807) is 11.8 Å². The Morgan fingerprint density at radius 1 is 1.29 bits per heavy atom. The van der Waals surface area contributed by atoms with Crippen molar-refractivity contribution in [1.29, 1.82) is 0 Å². The van der Waals surface area contributed by atoms with Gasteiger partial charge in [-0.2, -0.15) is 0 Å². The van der Waals surface area contributed by atoms with Gasteiger partial charge in [0.2, 0.25) is 0 Å². The monoisotopic (exact) mass is 229 g/mol. The third-order valence-corrected chi connectivity index (χ3v) is 3.35. The van der Waals surface area contributed by atoms with Crippen LogP contribution in [-0.2, 0) is 0 Å². The number of hydrogen-bond donors (Lipinski definition) is 1. The summed E-state index contributed by atoms with van der Waals surface area (Å²) >= 11 is 7.91. The highest BCUT2D eigenvalue weighted by Gasteiger charge is 2.06. The van der Waals surface area contributed by atoms with Gasteiger partial charge in [0.05, 0.1) is 5.02 Å². The van der Waals surface area contributed by atoms with Crippen LogP contribution in [0.15, 0.2) is 23.1 Å². The summed E-state index contributed by atoms with van der Waals surface area (Å²) in [6, 6.07) is 6.09. The van der Waals surface area contributed by atoms with Gasteiger partial charge in [0.25, 0.3) is 0 Å². The maximum Gasteiger partial charge on any atom is 0.0545 e. The first-order chi connectivity index (χ1) is 6.50. The largest absolute Gasteiger partial charge is 0.324 e. The van der Waals surface area contributed by atoms with Gasteiger partial charge in [0.15, 0.2) is 0 Å². The fraction of sp³-hybridized carbons (Fsp3) is 0.455. The molecule has 0 fully saturated rings. The lowest BCUT2D eigenvalue weighted by molar-refractivity contribution is 0.817. The van der Waals surface area contributed by atoms with E-state index in [-0.39, 0.29) is 6.04 Å². The van der Waals surface area contributed by atoms with Crippen LogP contribution in [0.4, 0.5) is 0 Å². The number of thioether (sulfide) groups is 1. The zero-order valence-corrected chi connectivity index (χ0v) is 10.3. The highest BCUT2D eigenvalue weighted by Crippen LogP contribution is 2.31. The van der Waals surface area contributed by atoms with Crippen molar-refractivity contribution >= 4 is 23.4 Å². The van der Waals surface area contributed by atoms with E-state index in [0.29, 0.717) is 5.25 Å². The van der Waals surface area contributed by atoms with Crippen molar-refractivity contribution in [2.45, 2.75) is 37.0 Å². The fourth-order valence-corrected chi connectivity index (χ4v) is 2.30. The Morgan fingerprint density at radius 2 is 1.93 bits per heavy atom. The molecular weight excluding hydrogens is 214 g/mol. The third-order valence-electron chi connectivity index (χ3n) is 1.84. The summed E-state index contributed by atoms with van der Waals surface area (Å²) in [6.07, 6.45) is 0. The van der Waals surface area contributed by atoms with Crippen LogP contribution in [0.25, 0.3) is 0 Å². The van der Waals surface area contributed by atoms with Crippen LogP contribution in [-0.4, -0.2) is 5.25 Å². The van der Waals surface area contributed by atoms with E-state index in [0.717, 1.165) is 15.5 Å². The van der Waals surface area contributed by atoms with E-state index in [1.165, 1.54) is 0 Å². The van der Waals surface area contributed by atoms with Gasteiger partial charge in [0, 0.05) is 16.2 Å². The van der Waals surface area contributed by atoms with E-state index in [9.17, 15) is 0 Å². The molecular formula is C11H16ClNS. The highest BCUT2D eigenvalue weighted by molar-refractivity contribution is 8.00. The Kier molecular flexibility index (Phi) is 4.30. The molecule has 1 nitrogen and oxygen atoms in total. The molecule has 0 unspecified atom stereocenters. The minimum Gasteiger partial charge on any atom is -0.324 e. The summed E-state index contributed by atoms with van der Waals surface area (Å²) in [6.45, 7) is 6.27. The fourth-order valence-electron chi connectivity index (χ4n) is 1.15. The van der Waals surface area contributed by atoms with E-state index >= 15 is 0 Å². The number of halogens is 1. The molecule has 0 saturated carbocycles. The van der Waals surface area contributed by atoms with Gasteiger partial charge in [-0.1, -0.05) is 31.5 Å². The second kappa shape index (κ2) is 5.06. The van der Waals surface area contributed by atoms with Gasteiger partial charge in [-0.15, -0.1) is 11.8 Å². The predicted molar refractivity (Wildman–Crippen MR) is 65.0 cm³/mol. The molecule has 0 aliphatic heterocycles. The zero-order valence-electron chi connectivity index (χ0n) is 8.75. The topological polar surface area (TPSA) is 26.0 Å². The Morgan fingerprint density at radius 3 is 2.36 bits per heavy atom. The molecule has 14 heavy (non-hydrogen) atoms. The molecule has 0 aromatic heterocycles. The van der Waals surface area contributed by atoms with Gasteiger partial charge in [-0.3, -0.25) is 0 Å². The van der Waals surface area contributed by atoms with Crippen LogP contribution >= 0.6 is 23.4 Å². The van der Waals surface area contributed by atoms with Gasteiger partial charge in [0.1, 0.15) is 0 Å². The highest BCUT2D eigenvalue weighted by atomic mass is 35.5. The molecule has 78 valence electrons. The van der Waals surface area contributed by atoms with Gasteiger partial charge in [-0.25, -0.2) is 0 Å². The van der Waals surface area contributed by atoms with Crippen LogP contribution in [0, 0.1) is 0 Å². The molecule has 3 heteroatoms. The summed E-state index contributed by atoms with van der Waals surface area (Å²) < 4.78 is 0. The molecule has 0 bridgehead atoms. The number of rotatable bonds is 3. The average Bonchev–Trinajstić information content (AvgIpc) is 2.07. The minimum atomic E-state index is 0.0469. The Balaban J connectivity index is 2.90. The summed E-state index contributed by atoms with van der Waals surface area (Å²) in [7, 11) is 0. The van der Waals surface area contributed by atoms with Crippen molar-refractivity contribution in [2.75, 3.05) is 0 Å². The lowest BCUT2D eigenvalue weighted by atomic mass is 10.1. The summed E-state index contributed by atoms with van der Waals surface area (Å²) in [5, 5.41) is 1.35. The molecule has 0 aliphatic rings. The van der Waals surface area contributed by atoms with Crippen LogP contribution in [0.2, 0.25) is 5.02 Å². The maximum atomic E-state index is 6.14. The van der Waals surface area contributed by atoms with Gasteiger partial charge < -0.3 is 5.73 Å². The Bertz CT molecular complexity index is 310. The van der Waals surface area contributed by atoms with E-state index in [1.807, 2.05) is 25.1 Å². The second-order valence-electron chi connectivity index (χ2n) is 3.65. The maximum absolute atomic E-state index is 6.14. The molecule has 0 amide bonds. The first kappa shape index (κ1) is 11.9. The first-order valence-electron chi connectivity index (χ1n) is 4.72. The molecule has 0 aliphatic carbocycles. The van der Waals surface area contributed by atoms with Crippen LogP contribution in [0.3, 0.4) is 0 Å². The Labute approximate surface area is 95.0 Å². The minimum absolute atomic E-state index is 0.0469. The smallest absolute Gasteiger partial charge is 0.0545 e. The van der Waals surface area contributed by atoms with Gasteiger partial charge >= 0.3 is 0 Å². The van der Waals surface area contributed by atoms with E-state index in [2.05, 4.69) is 13.8 Å². The van der Waals surface area contributed by atoms with E-state index in [4.69, 9.17) is 17.3 Å². The lowest BCUT2D eigenvalue weighted by Crippen LogP contribution is -2.04. The van der Waals surface area contributed by atoms with Crippen molar-refractivity contribution in [3.05, 3.63) is 28.8 Å². The molecule has 1 aromatic rings. The van der Waals surface area contributed by atoms with Crippen molar-refractivity contribution in [3.8, 4) is 0 Å². The molecule has 2 N–H and O–H groups in total. The molecule has 1 rings (SSSR count). The standard InChI is InChI=1S/C11H16ClNS/c1-7(2)14-11-5-4-9(8(3)13)6-10(11)12/h4-8H,13H2,1-3H3/t8-/m0/s1. The molecule has 1 atom stereocenters. The van der Waals surface area contributed by atoms with E-state index < -0.39 is 0 Å². The summed E-state index contributed by atoms with van der Waals surface area (Å²) in [5.41, 5.74) is 6.85. The Hall–Kier alpha value is -0.180. The molecule has 0 radical (unpaired) electrons. The molecule has 1 aromatic carbocycles. The lowest BCUT2D eigenvalue weighted by Gasteiger charge is -2.10. The number of benzene rings is 1. The van der Waals surface area contributed by atoms with Crippen molar-refractivity contribution in [1.82, 2.24) is 0 Å². The summed E-state index contributed by atoms with van der Waals surface area (Å²) in [4.78, 5) is 1.13. The molecule has 0 heterocycles. The van der Waals surface area contributed by atoms with Gasteiger partial charge in [-0.05, 0) is 24.6 Å². The molecule has 0 spiro atoms. The second-order valence-corrected chi connectivity index (χ2v) is 5.67. The number of hydrogen-bond acceptors (Lipinski definition) is 2. The average molecular weight is 230 g/mol. The van der Waals surface area contributed by atoms with Crippen LogP contribution in [0.1, 0.15) is 32.4 Å². The van der Waals surface area contributed by atoms with Crippen LogP contribution < -0.4 is 5.73 Å². The zero-order chi connectivity index (χ0) is 10.7. The van der Waals surface area contributed by atoms with Crippen molar-refractivity contribution in [2.24, 2.45) is 5.73 Å². The van der Waals surface area contributed by atoms with Crippen molar-refractivity contribution in [3.63, 3.8) is 0 Å². The predicted octanol–water partition coefficient (Wildman–Crippen LogP) is 3.86. The number of nitrogens with two attached hydrogens (primary N) is 1. The summed E-state index contributed by atoms with van der Waals surface area (Å²) in [5.74, 6) is 0. The normalized spacial score (nSPS) is 13.3. The molecule has 0 saturated heterocycles. The third kappa shape index (κ3) is 3.19. The SMILES string of the molecule is CC(C)Sc1ccc([C@H](C)N)cc1Cl. The first-order valence-corrected chi connectivity index (χ1v) is 5.98.